The van der Waals surface area contributed by atoms with Gasteiger partial charge in [0, 0.05) is 19.6 Å². The van der Waals surface area contributed by atoms with Crippen molar-refractivity contribution in [2.24, 2.45) is 0 Å². The third-order valence-electron chi connectivity index (χ3n) is 2.84. The van der Waals surface area contributed by atoms with Crippen molar-refractivity contribution in [1.29, 1.82) is 0 Å². The first-order valence-corrected chi connectivity index (χ1v) is 6.33. The number of aromatic nitrogens is 3. The highest BCUT2D eigenvalue weighted by Crippen LogP contribution is 2.17. The standard InChI is InChI=1S/C11H20N6O/c1-8(18)7-13-10-14-9(12)15-11(16-10)17-5-3-2-4-6-17/h8,18H,2-7H2,1H3,(H3,12,13,14,15,16). The van der Waals surface area contributed by atoms with Crippen LogP contribution in [0.25, 0.3) is 0 Å². The summed E-state index contributed by atoms with van der Waals surface area (Å²) >= 11 is 0. The first-order valence-electron chi connectivity index (χ1n) is 6.33. The number of aliphatic hydroxyl groups excluding tert-OH is 1. The molecule has 0 aliphatic carbocycles. The van der Waals surface area contributed by atoms with E-state index < -0.39 is 6.10 Å². The number of anilines is 3. The van der Waals surface area contributed by atoms with E-state index in [9.17, 15) is 5.11 Å². The van der Waals surface area contributed by atoms with Crippen molar-refractivity contribution in [1.82, 2.24) is 15.0 Å². The minimum absolute atomic E-state index is 0.207. The van der Waals surface area contributed by atoms with Crippen LogP contribution in [0.5, 0.6) is 0 Å². The molecule has 7 heteroatoms. The minimum atomic E-state index is -0.457. The Bertz CT molecular complexity index is 391. The molecule has 0 aromatic carbocycles. The van der Waals surface area contributed by atoms with Crippen LogP contribution < -0.4 is 16.0 Å². The molecule has 1 atom stereocenters. The Morgan fingerprint density at radius 1 is 1.28 bits per heavy atom. The van der Waals surface area contributed by atoms with E-state index in [4.69, 9.17) is 5.73 Å². The molecular formula is C11H20N6O. The second-order valence-corrected chi connectivity index (χ2v) is 4.59. The van der Waals surface area contributed by atoms with Gasteiger partial charge in [0.1, 0.15) is 0 Å². The molecule has 1 aliphatic rings. The molecule has 0 radical (unpaired) electrons. The normalized spacial score (nSPS) is 17.6. The smallest absolute Gasteiger partial charge is 0.231 e. The number of nitrogen functional groups attached to an aromatic ring is 1. The van der Waals surface area contributed by atoms with Crippen LogP contribution in [0.3, 0.4) is 0 Å². The molecule has 1 aromatic rings. The third kappa shape index (κ3) is 3.43. The summed E-state index contributed by atoms with van der Waals surface area (Å²) in [5.41, 5.74) is 5.68. The van der Waals surface area contributed by atoms with Gasteiger partial charge in [-0.1, -0.05) is 0 Å². The molecule has 0 amide bonds. The largest absolute Gasteiger partial charge is 0.392 e. The highest BCUT2D eigenvalue weighted by molar-refractivity contribution is 5.42. The first kappa shape index (κ1) is 12.8. The molecular weight excluding hydrogens is 232 g/mol. The van der Waals surface area contributed by atoms with E-state index in [-0.39, 0.29) is 5.95 Å². The number of piperidine rings is 1. The van der Waals surface area contributed by atoms with Crippen LogP contribution in [0.15, 0.2) is 0 Å². The number of nitrogens with one attached hydrogen (secondary N) is 1. The number of aliphatic hydroxyl groups is 1. The van der Waals surface area contributed by atoms with Crippen molar-refractivity contribution < 1.29 is 5.11 Å². The monoisotopic (exact) mass is 252 g/mol. The zero-order chi connectivity index (χ0) is 13.0. The predicted molar refractivity (Wildman–Crippen MR) is 70.5 cm³/mol. The molecule has 1 saturated heterocycles. The summed E-state index contributed by atoms with van der Waals surface area (Å²) in [5.74, 6) is 1.25. The molecule has 0 saturated carbocycles. The van der Waals surface area contributed by atoms with Crippen LogP contribution in [0, 0.1) is 0 Å². The second kappa shape index (κ2) is 5.81. The molecule has 7 nitrogen and oxygen atoms in total. The van der Waals surface area contributed by atoms with E-state index in [1.807, 2.05) is 0 Å². The predicted octanol–water partition coefficient (Wildman–Crippen LogP) is 0.237. The SMILES string of the molecule is CC(O)CNc1nc(N)nc(N2CCCCC2)n1. The molecule has 0 spiro atoms. The van der Waals surface area contributed by atoms with Crippen molar-refractivity contribution in [3.8, 4) is 0 Å². The fraction of sp³-hybridized carbons (Fsp3) is 0.727. The Hall–Kier alpha value is -1.63. The summed E-state index contributed by atoms with van der Waals surface area (Å²) in [7, 11) is 0. The zero-order valence-corrected chi connectivity index (χ0v) is 10.6. The van der Waals surface area contributed by atoms with Crippen LogP contribution in [0.4, 0.5) is 17.8 Å². The number of hydrogen-bond acceptors (Lipinski definition) is 7. The van der Waals surface area contributed by atoms with Crippen molar-refractivity contribution in [2.75, 3.05) is 35.6 Å². The maximum absolute atomic E-state index is 9.23. The Balaban J connectivity index is 2.09. The van der Waals surface area contributed by atoms with Crippen molar-refractivity contribution in [2.45, 2.75) is 32.3 Å². The van der Waals surface area contributed by atoms with Crippen molar-refractivity contribution >= 4 is 17.8 Å². The summed E-state index contributed by atoms with van der Waals surface area (Å²) in [6.07, 6.45) is 3.11. The van der Waals surface area contributed by atoms with Gasteiger partial charge in [-0.2, -0.15) is 15.0 Å². The topological polar surface area (TPSA) is 100 Å². The molecule has 4 N–H and O–H groups in total. The second-order valence-electron chi connectivity index (χ2n) is 4.59. The van der Waals surface area contributed by atoms with Crippen LogP contribution in [-0.2, 0) is 0 Å². The maximum atomic E-state index is 9.23. The van der Waals surface area contributed by atoms with E-state index >= 15 is 0 Å². The van der Waals surface area contributed by atoms with Gasteiger partial charge in [-0.25, -0.2) is 0 Å². The van der Waals surface area contributed by atoms with Gasteiger partial charge in [-0.05, 0) is 26.2 Å². The number of nitrogens with two attached hydrogens (primary N) is 1. The lowest BCUT2D eigenvalue weighted by Gasteiger charge is -2.26. The number of rotatable bonds is 4. The average molecular weight is 252 g/mol. The minimum Gasteiger partial charge on any atom is -0.392 e. The maximum Gasteiger partial charge on any atom is 0.231 e. The fourth-order valence-corrected chi connectivity index (χ4v) is 1.93. The molecule has 18 heavy (non-hydrogen) atoms. The number of hydrogen-bond donors (Lipinski definition) is 3. The molecule has 1 aliphatic heterocycles. The Morgan fingerprint density at radius 3 is 2.67 bits per heavy atom. The molecule has 0 bridgehead atoms. The van der Waals surface area contributed by atoms with Gasteiger partial charge in [0.15, 0.2) is 0 Å². The van der Waals surface area contributed by atoms with E-state index in [1.54, 1.807) is 6.92 Å². The summed E-state index contributed by atoms with van der Waals surface area (Å²) < 4.78 is 0. The van der Waals surface area contributed by atoms with E-state index in [0.29, 0.717) is 18.4 Å². The van der Waals surface area contributed by atoms with Crippen LogP contribution >= 0.6 is 0 Å². The number of nitrogens with zero attached hydrogens (tertiary/aromatic N) is 4. The highest BCUT2D eigenvalue weighted by Gasteiger charge is 2.15. The third-order valence-corrected chi connectivity index (χ3v) is 2.84. The van der Waals surface area contributed by atoms with Gasteiger partial charge in [0.2, 0.25) is 17.8 Å². The molecule has 1 unspecified atom stereocenters. The summed E-state index contributed by atoms with van der Waals surface area (Å²) in [4.78, 5) is 14.6. The fourth-order valence-electron chi connectivity index (χ4n) is 1.93. The highest BCUT2D eigenvalue weighted by atomic mass is 16.3. The van der Waals surface area contributed by atoms with Crippen molar-refractivity contribution in [3.05, 3.63) is 0 Å². The Morgan fingerprint density at radius 2 is 2.00 bits per heavy atom. The van der Waals surface area contributed by atoms with Gasteiger partial charge >= 0.3 is 0 Å². The van der Waals surface area contributed by atoms with Gasteiger partial charge < -0.3 is 21.1 Å². The van der Waals surface area contributed by atoms with E-state index in [2.05, 4.69) is 25.2 Å². The van der Waals surface area contributed by atoms with Crippen LogP contribution in [0.2, 0.25) is 0 Å². The average Bonchev–Trinajstić information content (AvgIpc) is 2.37. The molecule has 2 heterocycles. The van der Waals surface area contributed by atoms with Gasteiger partial charge in [-0.3, -0.25) is 0 Å². The quantitative estimate of drug-likeness (QED) is 0.705. The summed E-state index contributed by atoms with van der Waals surface area (Å²) in [6.45, 7) is 4.00. The summed E-state index contributed by atoms with van der Waals surface area (Å²) in [6, 6.07) is 0. The van der Waals surface area contributed by atoms with E-state index in [1.165, 1.54) is 6.42 Å². The zero-order valence-electron chi connectivity index (χ0n) is 10.6. The summed E-state index contributed by atoms with van der Waals surface area (Å²) in [5, 5.41) is 12.2. The Kier molecular flexibility index (Phi) is 4.14. The van der Waals surface area contributed by atoms with Gasteiger partial charge in [-0.15, -0.1) is 0 Å². The Labute approximate surface area is 106 Å². The molecule has 100 valence electrons. The molecule has 2 rings (SSSR count). The molecule has 1 aromatic heterocycles. The van der Waals surface area contributed by atoms with Crippen LogP contribution in [-0.4, -0.2) is 45.8 Å². The first-order chi connectivity index (χ1) is 8.65. The van der Waals surface area contributed by atoms with Gasteiger partial charge in [0.25, 0.3) is 0 Å². The van der Waals surface area contributed by atoms with Gasteiger partial charge in [0.05, 0.1) is 6.10 Å². The lowest BCUT2D eigenvalue weighted by Crippen LogP contribution is -2.31. The lowest BCUT2D eigenvalue weighted by molar-refractivity contribution is 0.208. The van der Waals surface area contributed by atoms with E-state index in [0.717, 1.165) is 25.9 Å². The molecule has 1 fully saturated rings. The van der Waals surface area contributed by atoms with Crippen LogP contribution in [0.1, 0.15) is 26.2 Å². The van der Waals surface area contributed by atoms with Crippen molar-refractivity contribution in [3.63, 3.8) is 0 Å². The lowest BCUT2D eigenvalue weighted by atomic mass is 10.1.